The number of nitrogens with two attached hydrogens (primary N) is 1. The van der Waals surface area contributed by atoms with E-state index in [1.165, 1.54) is 5.57 Å². The molecular formula is C13H14N4. The van der Waals surface area contributed by atoms with Crippen LogP contribution in [0.4, 0.5) is 5.82 Å². The lowest BCUT2D eigenvalue weighted by molar-refractivity contribution is 1.00. The van der Waals surface area contributed by atoms with E-state index in [9.17, 15) is 0 Å². The van der Waals surface area contributed by atoms with Crippen molar-refractivity contribution in [3.63, 3.8) is 0 Å². The summed E-state index contributed by atoms with van der Waals surface area (Å²) in [6, 6.07) is 3.98. The average molecular weight is 226 g/mol. The summed E-state index contributed by atoms with van der Waals surface area (Å²) in [6.45, 7) is 2.89. The quantitative estimate of drug-likeness (QED) is 0.783. The number of aliphatic imine (C=N–C) groups is 1. The van der Waals surface area contributed by atoms with Crippen LogP contribution in [-0.2, 0) is 0 Å². The Hall–Kier alpha value is -2.10. The number of dihydropyridines is 1. The molecule has 0 radical (unpaired) electrons. The summed E-state index contributed by atoms with van der Waals surface area (Å²) >= 11 is 0. The van der Waals surface area contributed by atoms with Crippen molar-refractivity contribution < 1.29 is 0 Å². The van der Waals surface area contributed by atoms with Crippen LogP contribution < -0.4 is 5.73 Å². The molecule has 4 heteroatoms. The number of hydrogen-bond donors (Lipinski definition) is 2. The van der Waals surface area contributed by atoms with Crippen LogP contribution in [0.15, 0.2) is 29.4 Å². The highest BCUT2D eigenvalue weighted by molar-refractivity contribution is 5.96. The summed E-state index contributed by atoms with van der Waals surface area (Å²) in [4.78, 5) is 11.6. The number of allylic oxidation sites excluding steroid dienone is 1. The van der Waals surface area contributed by atoms with Crippen LogP contribution in [0.3, 0.4) is 0 Å². The maximum Gasteiger partial charge on any atom is 0.140 e. The van der Waals surface area contributed by atoms with Gasteiger partial charge < -0.3 is 10.7 Å². The maximum absolute atomic E-state index is 5.84. The molecule has 2 aromatic heterocycles. The largest absolute Gasteiger partial charge is 0.384 e. The van der Waals surface area contributed by atoms with E-state index >= 15 is 0 Å². The summed E-state index contributed by atoms with van der Waals surface area (Å²) in [6.07, 6.45) is 6.04. The Morgan fingerprint density at radius 1 is 1.47 bits per heavy atom. The van der Waals surface area contributed by atoms with Crippen LogP contribution in [0.2, 0.25) is 0 Å². The van der Waals surface area contributed by atoms with Gasteiger partial charge >= 0.3 is 0 Å². The number of hydrogen-bond acceptors (Lipinski definition) is 3. The highest BCUT2D eigenvalue weighted by Crippen LogP contribution is 2.30. The SMILES string of the molecule is CC1C=NCC=C1c1cc(N)nc2[nH]ccc12. The van der Waals surface area contributed by atoms with Crippen LogP contribution in [0, 0.1) is 5.92 Å². The lowest BCUT2D eigenvalue weighted by Crippen LogP contribution is -2.07. The van der Waals surface area contributed by atoms with Crippen LogP contribution in [0.1, 0.15) is 12.5 Å². The highest BCUT2D eigenvalue weighted by Gasteiger charge is 2.15. The smallest absolute Gasteiger partial charge is 0.140 e. The first kappa shape index (κ1) is 10.1. The number of nitrogen functional groups attached to an aromatic ring is 1. The lowest BCUT2D eigenvalue weighted by Gasteiger charge is -2.16. The molecule has 0 fully saturated rings. The number of aromatic nitrogens is 2. The van der Waals surface area contributed by atoms with E-state index in [0.717, 1.165) is 23.1 Å². The normalized spacial score (nSPS) is 19.6. The van der Waals surface area contributed by atoms with Crippen molar-refractivity contribution in [1.82, 2.24) is 9.97 Å². The summed E-state index contributed by atoms with van der Waals surface area (Å²) in [5.74, 6) is 0.870. The van der Waals surface area contributed by atoms with Crippen molar-refractivity contribution in [2.45, 2.75) is 6.92 Å². The van der Waals surface area contributed by atoms with Gasteiger partial charge in [-0.1, -0.05) is 13.0 Å². The Kier molecular flexibility index (Phi) is 2.21. The third-order valence-electron chi connectivity index (χ3n) is 3.10. The highest BCUT2D eigenvalue weighted by atomic mass is 14.9. The summed E-state index contributed by atoms with van der Waals surface area (Å²) < 4.78 is 0. The molecule has 0 aromatic carbocycles. The molecule has 4 nitrogen and oxygen atoms in total. The molecule has 86 valence electrons. The molecule has 3 rings (SSSR count). The van der Waals surface area contributed by atoms with Gasteiger partial charge in [-0.2, -0.15) is 0 Å². The van der Waals surface area contributed by atoms with Crippen molar-refractivity contribution in [3.05, 3.63) is 30.0 Å². The first-order valence-corrected chi connectivity index (χ1v) is 5.69. The third kappa shape index (κ3) is 1.62. The number of H-pyrrole nitrogens is 1. The second-order valence-electron chi connectivity index (χ2n) is 4.30. The van der Waals surface area contributed by atoms with Gasteiger partial charge in [0.05, 0.1) is 6.54 Å². The summed E-state index contributed by atoms with van der Waals surface area (Å²) in [5.41, 5.74) is 9.12. The summed E-state index contributed by atoms with van der Waals surface area (Å²) in [5, 5.41) is 1.12. The van der Waals surface area contributed by atoms with Gasteiger partial charge in [0.15, 0.2) is 0 Å². The number of rotatable bonds is 1. The van der Waals surface area contributed by atoms with Gasteiger partial charge in [-0.25, -0.2) is 4.98 Å². The monoisotopic (exact) mass is 226 g/mol. The molecule has 0 saturated heterocycles. The number of aromatic amines is 1. The molecule has 1 aliphatic heterocycles. The fraction of sp³-hybridized carbons (Fsp3) is 0.231. The van der Waals surface area contributed by atoms with Gasteiger partial charge in [-0.05, 0) is 23.3 Å². The van der Waals surface area contributed by atoms with E-state index in [1.54, 1.807) is 0 Å². The molecule has 0 bridgehead atoms. The van der Waals surface area contributed by atoms with E-state index < -0.39 is 0 Å². The molecule has 0 aliphatic carbocycles. The molecule has 0 amide bonds. The Bertz CT molecular complexity index is 621. The molecule has 1 atom stereocenters. The second kappa shape index (κ2) is 3.73. The van der Waals surface area contributed by atoms with Crippen molar-refractivity contribution in [2.24, 2.45) is 10.9 Å². The standard InChI is InChI=1S/C13H14N4/c1-8-7-15-4-2-9(8)11-6-12(14)17-13-10(11)3-5-16-13/h2-3,5-8H,4H2,1H3,(H3,14,16,17). The average Bonchev–Trinajstić information content (AvgIpc) is 2.76. The minimum atomic E-state index is 0.323. The van der Waals surface area contributed by atoms with Gasteiger partial charge in [-0.15, -0.1) is 0 Å². The molecule has 2 aromatic rings. The molecule has 1 unspecified atom stereocenters. The number of anilines is 1. The second-order valence-corrected chi connectivity index (χ2v) is 4.30. The lowest BCUT2D eigenvalue weighted by atomic mass is 9.91. The predicted molar refractivity (Wildman–Crippen MR) is 71.0 cm³/mol. The number of pyridine rings is 1. The van der Waals surface area contributed by atoms with Crippen LogP contribution in [0.25, 0.3) is 16.6 Å². The van der Waals surface area contributed by atoms with Gasteiger partial charge in [0.2, 0.25) is 0 Å². The van der Waals surface area contributed by atoms with E-state index in [0.29, 0.717) is 11.7 Å². The van der Waals surface area contributed by atoms with Crippen LogP contribution >= 0.6 is 0 Å². The molecule has 0 spiro atoms. The van der Waals surface area contributed by atoms with Gasteiger partial charge in [0, 0.05) is 23.7 Å². The van der Waals surface area contributed by atoms with E-state index in [2.05, 4.69) is 28.0 Å². The maximum atomic E-state index is 5.84. The Balaban J connectivity index is 2.22. The van der Waals surface area contributed by atoms with Crippen molar-refractivity contribution in [3.8, 4) is 0 Å². The van der Waals surface area contributed by atoms with Crippen LogP contribution in [-0.4, -0.2) is 22.7 Å². The molecule has 1 aliphatic rings. The van der Waals surface area contributed by atoms with Crippen LogP contribution in [0.5, 0.6) is 0 Å². The number of nitrogens with one attached hydrogen (secondary N) is 1. The Morgan fingerprint density at radius 3 is 3.18 bits per heavy atom. The number of fused-ring (bicyclic) bond motifs is 1. The minimum Gasteiger partial charge on any atom is -0.384 e. The first-order valence-electron chi connectivity index (χ1n) is 5.69. The van der Waals surface area contributed by atoms with Crippen molar-refractivity contribution >= 4 is 28.6 Å². The Morgan fingerprint density at radius 2 is 2.35 bits per heavy atom. The number of nitrogens with zero attached hydrogens (tertiary/aromatic N) is 2. The van der Waals surface area contributed by atoms with E-state index in [1.807, 2.05) is 24.5 Å². The fourth-order valence-corrected chi connectivity index (χ4v) is 2.29. The van der Waals surface area contributed by atoms with Gasteiger partial charge in [0.25, 0.3) is 0 Å². The van der Waals surface area contributed by atoms with Crippen molar-refractivity contribution in [1.29, 1.82) is 0 Å². The van der Waals surface area contributed by atoms with E-state index in [4.69, 9.17) is 5.73 Å². The molecule has 17 heavy (non-hydrogen) atoms. The molecular weight excluding hydrogens is 212 g/mol. The molecule has 3 heterocycles. The zero-order valence-corrected chi connectivity index (χ0v) is 9.64. The minimum absolute atomic E-state index is 0.323. The van der Waals surface area contributed by atoms with Gasteiger partial charge in [0.1, 0.15) is 11.5 Å². The predicted octanol–water partition coefficient (Wildman–Crippen LogP) is 2.25. The van der Waals surface area contributed by atoms with Gasteiger partial charge in [-0.3, -0.25) is 4.99 Å². The fourth-order valence-electron chi connectivity index (χ4n) is 2.29. The first-order chi connectivity index (χ1) is 8.25. The molecule has 3 N–H and O–H groups in total. The zero-order chi connectivity index (χ0) is 11.8. The summed E-state index contributed by atoms with van der Waals surface area (Å²) in [7, 11) is 0. The van der Waals surface area contributed by atoms with Crippen molar-refractivity contribution in [2.75, 3.05) is 12.3 Å². The zero-order valence-electron chi connectivity index (χ0n) is 9.64. The van der Waals surface area contributed by atoms with E-state index in [-0.39, 0.29) is 0 Å². The Labute approximate surface area is 99.3 Å². The topological polar surface area (TPSA) is 67.1 Å². The molecule has 0 saturated carbocycles. The third-order valence-corrected chi connectivity index (χ3v) is 3.10.